The number of hydrogen-bond donors (Lipinski definition) is 0. The molecule has 1 aliphatic rings. The van der Waals surface area contributed by atoms with Gasteiger partial charge in [0.15, 0.2) is 0 Å². The van der Waals surface area contributed by atoms with Crippen LogP contribution in [0.25, 0.3) is 0 Å². The predicted molar refractivity (Wildman–Crippen MR) is 123 cm³/mol. The molecule has 33 heavy (non-hydrogen) atoms. The molecule has 6 nitrogen and oxygen atoms in total. The van der Waals surface area contributed by atoms with Crippen LogP contribution in [0.5, 0.6) is 5.75 Å². The topological polar surface area (TPSA) is 63.0 Å². The van der Waals surface area contributed by atoms with Crippen LogP contribution in [0.4, 0.5) is 4.39 Å². The van der Waals surface area contributed by atoms with E-state index in [2.05, 4.69) is 0 Å². The van der Waals surface area contributed by atoms with Crippen LogP contribution in [-0.2, 0) is 22.6 Å². The van der Waals surface area contributed by atoms with E-state index in [4.69, 9.17) is 9.15 Å². The van der Waals surface area contributed by atoms with Gasteiger partial charge < -0.3 is 19.0 Å². The minimum absolute atomic E-state index is 0.0480. The molecule has 0 radical (unpaired) electrons. The van der Waals surface area contributed by atoms with Crippen molar-refractivity contribution in [3.63, 3.8) is 0 Å². The zero-order chi connectivity index (χ0) is 23.4. The Hall–Kier alpha value is -3.13. The minimum atomic E-state index is -0.374. The van der Waals surface area contributed by atoms with E-state index in [0.717, 1.165) is 12.0 Å². The van der Waals surface area contributed by atoms with Crippen LogP contribution in [-0.4, -0.2) is 41.3 Å². The molecule has 4 rings (SSSR count). The van der Waals surface area contributed by atoms with Crippen LogP contribution < -0.4 is 4.74 Å². The molecular formula is C25H27FN2O4S. The molecule has 0 saturated heterocycles. The van der Waals surface area contributed by atoms with E-state index >= 15 is 0 Å². The van der Waals surface area contributed by atoms with E-state index < -0.39 is 0 Å². The summed E-state index contributed by atoms with van der Waals surface area (Å²) in [5.74, 6) is 0.160. The minimum Gasteiger partial charge on any atom is -0.491 e. The van der Waals surface area contributed by atoms with Gasteiger partial charge >= 0.3 is 0 Å². The van der Waals surface area contributed by atoms with Crippen LogP contribution in [0, 0.1) is 11.7 Å². The number of fused-ring (bicyclic) bond motifs is 1. The van der Waals surface area contributed by atoms with Gasteiger partial charge in [-0.3, -0.25) is 9.59 Å². The van der Waals surface area contributed by atoms with E-state index in [-0.39, 0.29) is 49.3 Å². The van der Waals surface area contributed by atoms with E-state index in [1.54, 1.807) is 51.7 Å². The van der Waals surface area contributed by atoms with Crippen molar-refractivity contribution in [2.45, 2.75) is 32.9 Å². The summed E-state index contributed by atoms with van der Waals surface area (Å²) in [6.45, 7) is 4.56. The summed E-state index contributed by atoms with van der Waals surface area (Å²) >= 11 is 1.66. The fourth-order valence-electron chi connectivity index (χ4n) is 4.03. The lowest BCUT2D eigenvalue weighted by atomic mass is 10.00. The molecule has 2 aromatic heterocycles. The maximum atomic E-state index is 13.6. The molecule has 0 saturated carbocycles. The van der Waals surface area contributed by atoms with E-state index in [1.165, 1.54) is 17.0 Å². The predicted octanol–water partition coefficient (Wildman–Crippen LogP) is 4.67. The van der Waals surface area contributed by atoms with Crippen LogP contribution in [0.1, 0.15) is 36.1 Å². The zero-order valence-electron chi connectivity index (χ0n) is 18.7. The Kier molecular flexibility index (Phi) is 7.13. The summed E-state index contributed by atoms with van der Waals surface area (Å²) < 4.78 is 24.9. The number of amides is 2. The monoisotopic (exact) mass is 470 g/mol. The highest BCUT2D eigenvalue weighted by Gasteiger charge is 2.34. The first-order valence-corrected chi connectivity index (χ1v) is 11.9. The van der Waals surface area contributed by atoms with Crippen molar-refractivity contribution in [3.05, 3.63) is 76.1 Å². The first kappa shape index (κ1) is 23.0. The zero-order valence-corrected chi connectivity index (χ0v) is 19.5. The molecular weight excluding hydrogens is 443 g/mol. The maximum absolute atomic E-state index is 13.6. The number of rotatable bonds is 8. The molecule has 1 aromatic carbocycles. The summed E-state index contributed by atoms with van der Waals surface area (Å²) in [6, 6.07) is 11.2. The number of furan rings is 1. The molecule has 0 aliphatic carbocycles. The summed E-state index contributed by atoms with van der Waals surface area (Å²) in [7, 11) is 0. The molecule has 8 heteroatoms. The first-order valence-electron chi connectivity index (χ1n) is 11.0. The second-order valence-electron chi connectivity index (χ2n) is 8.35. The molecule has 1 atom stereocenters. The number of benzene rings is 1. The number of carbonyl (C=O) groups is 2. The Balaban J connectivity index is 1.52. The summed E-state index contributed by atoms with van der Waals surface area (Å²) in [5.41, 5.74) is 1.05. The number of carbonyl (C=O) groups excluding carboxylic acids is 2. The third-order valence-electron chi connectivity index (χ3n) is 5.68. The number of hydrogen-bond acceptors (Lipinski definition) is 5. The Morgan fingerprint density at radius 3 is 2.85 bits per heavy atom. The van der Waals surface area contributed by atoms with E-state index in [0.29, 0.717) is 18.1 Å². The smallest absolute Gasteiger partial charge is 0.242 e. The molecule has 174 valence electrons. The van der Waals surface area contributed by atoms with Crippen LogP contribution in [0.3, 0.4) is 0 Å². The average Bonchev–Trinajstić information content (AvgIpc) is 3.48. The van der Waals surface area contributed by atoms with Crippen LogP contribution in [0.2, 0.25) is 0 Å². The molecule has 3 heterocycles. The van der Waals surface area contributed by atoms with Crippen molar-refractivity contribution in [2.24, 2.45) is 5.92 Å². The molecule has 0 fully saturated rings. The van der Waals surface area contributed by atoms with Crippen molar-refractivity contribution >= 4 is 23.2 Å². The van der Waals surface area contributed by atoms with Gasteiger partial charge in [0.25, 0.3) is 0 Å². The Morgan fingerprint density at radius 2 is 2.12 bits per heavy atom. The third kappa shape index (κ3) is 5.45. The highest BCUT2D eigenvalue weighted by Crippen LogP contribution is 2.34. The van der Waals surface area contributed by atoms with Crippen molar-refractivity contribution in [3.8, 4) is 5.75 Å². The first-order chi connectivity index (χ1) is 15.9. The highest BCUT2D eigenvalue weighted by atomic mass is 32.1. The second kappa shape index (κ2) is 10.2. The van der Waals surface area contributed by atoms with Crippen molar-refractivity contribution in [2.75, 3.05) is 19.7 Å². The fraction of sp³-hybridized carbons (Fsp3) is 0.360. The lowest BCUT2D eigenvalue weighted by Crippen LogP contribution is -2.48. The molecule has 2 amide bonds. The van der Waals surface area contributed by atoms with Crippen LogP contribution in [0.15, 0.2) is 58.5 Å². The van der Waals surface area contributed by atoms with Crippen LogP contribution >= 0.6 is 11.3 Å². The van der Waals surface area contributed by atoms with Gasteiger partial charge in [-0.15, -0.1) is 11.3 Å². The summed E-state index contributed by atoms with van der Waals surface area (Å²) in [6.07, 6.45) is 2.31. The largest absolute Gasteiger partial charge is 0.491 e. The Bertz CT molecular complexity index is 1100. The highest BCUT2D eigenvalue weighted by molar-refractivity contribution is 7.10. The lowest BCUT2D eigenvalue weighted by molar-refractivity contribution is -0.145. The average molecular weight is 471 g/mol. The normalized spacial score (nSPS) is 15.4. The SMILES string of the molecule is CC(C)C(=O)N(CC(=O)N1CCc2sccc2C1COc1cccc(F)c1)Cc1ccco1. The number of nitrogens with zero attached hydrogens (tertiary/aromatic N) is 2. The molecule has 1 unspecified atom stereocenters. The van der Waals surface area contributed by atoms with Gasteiger partial charge in [-0.1, -0.05) is 19.9 Å². The van der Waals surface area contributed by atoms with Crippen molar-refractivity contribution < 1.29 is 23.1 Å². The Morgan fingerprint density at radius 1 is 1.27 bits per heavy atom. The fourth-order valence-corrected chi connectivity index (χ4v) is 4.96. The maximum Gasteiger partial charge on any atom is 0.242 e. The quantitative estimate of drug-likeness (QED) is 0.480. The number of ether oxygens (including phenoxy) is 1. The number of thiophene rings is 1. The van der Waals surface area contributed by atoms with Crippen molar-refractivity contribution in [1.29, 1.82) is 0 Å². The Labute approximate surface area is 196 Å². The van der Waals surface area contributed by atoms with Gasteiger partial charge in [0.1, 0.15) is 30.5 Å². The molecule has 0 bridgehead atoms. The summed E-state index contributed by atoms with van der Waals surface area (Å²) in [4.78, 5) is 30.8. The van der Waals surface area contributed by atoms with Gasteiger partial charge in [-0.25, -0.2) is 4.39 Å². The van der Waals surface area contributed by atoms with Gasteiger partial charge in [0.05, 0.1) is 18.8 Å². The van der Waals surface area contributed by atoms with E-state index in [9.17, 15) is 14.0 Å². The van der Waals surface area contributed by atoms with Gasteiger partial charge in [0.2, 0.25) is 11.8 Å². The van der Waals surface area contributed by atoms with Gasteiger partial charge in [0, 0.05) is 23.4 Å². The second-order valence-corrected chi connectivity index (χ2v) is 9.35. The van der Waals surface area contributed by atoms with Gasteiger partial charge in [-0.2, -0.15) is 0 Å². The molecule has 1 aliphatic heterocycles. The van der Waals surface area contributed by atoms with Gasteiger partial charge in [-0.05, 0) is 47.7 Å². The summed E-state index contributed by atoms with van der Waals surface area (Å²) in [5, 5.41) is 2.01. The molecule has 0 N–H and O–H groups in total. The standard InChI is InChI=1S/C25H27FN2O4S/c1-17(2)25(30)27(14-20-7-4-11-31-20)15-24(29)28-10-8-23-21(9-12-33-23)22(28)16-32-19-6-3-5-18(26)13-19/h3-7,9,11-13,17,22H,8,10,14-16H2,1-2H3. The number of halogens is 1. The van der Waals surface area contributed by atoms with Crippen molar-refractivity contribution in [1.82, 2.24) is 9.80 Å². The molecule has 3 aromatic rings. The lowest BCUT2D eigenvalue weighted by Gasteiger charge is -2.37. The van der Waals surface area contributed by atoms with E-state index in [1.807, 2.05) is 25.3 Å². The molecule has 0 spiro atoms. The third-order valence-corrected chi connectivity index (χ3v) is 6.67.